The highest BCUT2D eigenvalue weighted by molar-refractivity contribution is 7.99. The van der Waals surface area contributed by atoms with E-state index >= 15 is 0 Å². The van der Waals surface area contributed by atoms with Crippen molar-refractivity contribution in [3.05, 3.63) is 84.8 Å². The summed E-state index contributed by atoms with van der Waals surface area (Å²) in [6.07, 6.45) is 3.46. The fourth-order valence-corrected chi connectivity index (χ4v) is 4.62. The molecule has 1 amide bonds. The average Bonchev–Trinajstić information content (AvgIpc) is 3.32. The van der Waals surface area contributed by atoms with Crippen LogP contribution in [0, 0.1) is 6.92 Å². The van der Waals surface area contributed by atoms with E-state index in [1.165, 1.54) is 11.8 Å². The van der Waals surface area contributed by atoms with Crippen molar-refractivity contribution >= 4 is 34.3 Å². The predicted octanol–water partition coefficient (Wildman–Crippen LogP) is 5.32. The average molecular weight is 497 g/mol. The van der Waals surface area contributed by atoms with Gasteiger partial charge in [-0.05, 0) is 62.4 Å². The number of para-hydroxylation sites is 1. The van der Waals surface area contributed by atoms with Gasteiger partial charge in [-0.3, -0.25) is 19.3 Å². The van der Waals surface area contributed by atoms with Gasteiger partial charge in [0.1, 0.15) is 5.75 Å². The van der Waals surface area contributed by atoms with Crippen LogP contribution in [-0.2, 0) is 4.79 Å². The standard InChI is InChI=1S/C27H24N6O2S/c1-3-35-21-12-10-20(11-13-21)33-26(19-7-6-14-28-16-19)31-32-27(33)36-17-25(34)30-24-15-18(2)29-23-9-5-4-8-22(23)24/h4-16H,3,17H2,1-2H3,(H,29,30,34). The number of carbonyl (C=O) groups excluding carboxylic acids is 1. The van der Waals surface area contributed by atoms with Crippen LogP contribution in [0.4, 0.5) is 5.69 Å². The molecule has 36 heavy (non-hydrogen) atoms. The number of nitrogens with one attached hydrogen (secondary N) is 1. The number of amides is 1. The van der Waals surface area contributed by atoms with Crippen LogP contribution in [0.1, 0.15) is 12.6 Å². The van der Waals surface area contributed by atoms with Crippen LogP contribution in [-0.4, -0.2) is 43.0 Å². The van der Waals surface area contributed by atoms with Gasteiger partial charge in [-0.25, -0.2) is 0 Å². The van der Waals surface area contributed by atoms with Crippen molar-refractivity contribution in [3.63, 3.8) is 0 Å². The number of thioether (sulfide) groups is 1. The van der Waals surface area contributed by atoms with Gasteiger partial charge in [0, 0.05) is 34.7 Å². The van der Waals surface area contributed by atoms with E-state index in [9.17, 15) is 4.79 Å². The third-order valence-electron chi connectivity index (χ3n) is 5.41. The number of nitrogens with zero attached hydrogens (tertiary/aromatic N) is 5. The molecule has 180 valence electrons. The van der Waals surface area contributed by atoms with Crippen LogP contribution in [0.2, 0.25) is 0 Å². The molecule has 8 nitrogen and oxygen atoms in total. The Hall–Kier alpha value is -4.24. The van der Waals surface area contributed by atoms with Crippen LogP contribution in [0.5, 0.6) is 5.75 Å². The zero-order valence-corrected chi connectivity index (χ0v) is 20.7. The molecule has 3 heterocycles. The smallest absolute Gasteiger partial charge is 0.234 e. The van der Waals surface area contributed by atoms with E-state index in [2.05, 4.69) is 25.5 Å². The van der Waals surface area contributed by atoms with Gasteiger partial charge in [0.15, 0.2) is 11.0 Å². The molecule has 0 radical (unpaired) electrons. The second-order valence-electron chi connectivity index (χ2n) is 7.98. The molecule has 5 rings (SSSR count). The first-order valence-electron chi connectivity index (χ1n) is 11.5. The van der Waals surface area contributed by atoms with Crippen LogP contribution in [0.15, 0.2) is 84.3 Å². The topological polar surface area (TPSA) is 94.8 Å². The zero-order chi connectivity index (χ0) is 24.9. The largest absolute Gasteiger partial charge is 0.494 e. The second kappa shape index (κ2) is 10.6. The van der Waals surface area contributed by atoms with Gasteiger partial charge in [-0.2, -0.15) is 0 Å². The quantitative estimate of drug-likeness (QED) is 0.291. The molecular formula is C27H24N6O2S. The van der Waals surface area contributed by atoms with Crippen molar-refractivity contribution in [2.75, 3.05) is 17.7 Å². The number of rotatable bonds is 8. The Morgan fingerprint density at radius 3 is 2.67 bits per heavy atom. The third kappa shape index (κ3) is 5.06. The molecule has 0 spiro atoms. The first kappa shape index (κ1) is 23.5. The highest BCUT2D eigenvalue weighted by Crippen LogP contribution is 2.29. The fraction of sp³-hybridized carbons (Fsp3) is 0.148. The maximum Gasteiger partial charge on any atom is 0.234 e. The monoisotopic (exact) mass is 496 g/mol. The van der Waals surface area contributed by atoms with E-state index in [-0.39, 0.29) is 11.7 Å². The second-order valence-corrected chi connectivity index (χ2v) is 8.92. The third-order valence-corrected chi connectivity index (χ3v) is 6.34. The van der Waals surface area contributed by atoms with E-state index in [1.54, 1.807) is 12.4 Å². The summed E-state index contributed by atoms with van der Waals surface area (Å²) < 4.78 is 7.51. The maximum atomic E-state index is 12.9. The van der Waals surface area contributed by atoms with Gasteiger partial charge in [0.25, 0.3) is 0 Å². The van der Waals surface area contributed by atoms with Gasteiger partial charge < -0.3 is 10.1 Å². The normalized spacial score (nSPS) is 10.9. The van der Waals surface area contributed by atoms with Gasteiger partial charge in [0.2, 0.25) is 5.91 Å². The number of benzene rings is 2. The molecule has 2 aromatic carbocycles. The maximum absolute atomic E-state index is 12.9. The van der Waals surface area contributed by atoms with Gasteiger partial charge in [0.05, 0.1) is 23.6 Å². The van der Waals surface area contributed by atoms with E-state index in [0.29, 0.717) is 17.6 Å². The van der Waals surface area contributed by atoms with Crippen molar-refractivity contribution in [1.82, 2.24) is 24.7 Å². The summed E-state index contributed by atoms with van der Waals surface area (Å²) in [6, 6.07) is 21.1. The van der Waals surface area contributed by atoms with Gasteiger partial charge >= 0.3 is 0 Å². The van der Waals surface area contributed by atoms with Crippen LogP contribution < -0.4 is 10.1 Å². The minimum Gasteiger partial charge on any atom is -0.494 e. The van der Waals surface area contributed by atoms with E-state index in [0.717, 1.165) is 39.3 Å². The Balaban J connectivity index is 1.41. The molecule has 0 aliphatic rings. The summed E-state index contributed by atoms with van der Waals surface area (Å²) in [5.74, 6) is 1.45. The molecule has 0 saturated heterocycles. The molecule has 3 aromatic heterocycles. The summed E-state index contributed by atoms with van der Waals surface area (Å²) in [5.41, 5.74) is 4.12. The van der Waals surface area contributed by atoms with Crippen LogP contribution >= 0.6 is 11.8 Å². The summed E-state index contributed by atoms with van der Waals surface area (Å²) in [7, 11) is 0. The van der Waals surface area contributed by atoms with Crippen molar-refractivity contribution in [2.24, 2.45) is 0 Å². The van der Waals surface area contributed by atoms with E-state index in [4.69, 9.17) is 4.74 Å². The summed E-state index contributed by atoms with van der Waals surface area (Å²) in [4.78, 5) is 21.7. The number of fused-ring (bicyclic) bond motifs is 1. The van der Waals surface area contributed by atoms with Crippen LogP contribution in [0.3, 0.4) is 0 Å². The molecule has 0 unspecified atom stereocenters. The van der Waals surface area contributed by atoms with E-state index in [1.807, 2.05) is 85.1 Å². The molecule has 9 heteroatoms. The number of aromatic nitrogens is 5. The van der Waals surface area contributed by atoms with Crippen molar-refractivity contribution < 1.29 is 9.53 Å². The molecule has 0 aliphatic heterocycles. The number of hydrogen-bond donors (Lipinski definition) is 1. The Morgan fingerprint density at radius 2 is 1.89 bits per heavy atom. The summed E-state index contributed by atoms with van der Waals surface area (Å²) in [6.45, 7) is 4.45. The number of hydrogen-bond acceptors (Lipinski definition) is 7. The number of aryl methyl sites for hydroxylation is 1. The summed E-state index contributed by atoms with van der Waals surface area (Å²) >= 11 is 1.32. The highest BCUT2D eigenvalue weighted by Gasteiger charge is 2.18. The molecular weight excluding hydrogens is 472 g/mol. The lowest BCUT2D eigenvalue weighted by atomic mass is 10.1. The Bertz CT molecular complexity index is 1500. The molecule has 1 N–H and O–H groups in total. The number of ether oxygens (including phenoxy) is 1. The van der Waals surface area contributed by atoms with Crippen molar-refractivity contribution in [2.45, 2.75) is 19.0 Å². The zero-order valence-electron chi connectivity index (χ0n) is 19.9. The molecule has 0 saturated carbocycles. The Morgan fingerprint density at radius 1 is 1.06 bits per heavy atom. The fourth-order valence-electron chi connectivity index (χ4n) is 3.86. The summed E-state index contributed by atoms with van der Waals surface area (Å²) in [5, 5.41) is 13.3. The van der Waals surface area contributed by atoms with Crippen LogP contribution in [0.25, 0.3) is 28.0 Å². The van der Waals surface area contributed by atoms with E-state index < -0.39 is 0 Å². The molecule has 5 aromatic rings. The SMILES string of the molecule is CCOc1ccc(-n2c(SCC(=O)Nc3cc(C)nc4ccccc34)nnc2-c2cccnc2)cc1. The van der Waals surface area contributed by atoms with Crippen molar-refractivity contribution in [1.29, 1.82) is 0 Å². The molecule has 0 aliphatic carbocycles. The lowest BCUT2D eigenvalue weighted by Gasteiger charge is -2.12. The lowest BCUT2D eigenvalue weighted by Crippen LogP contribution is -2.15. The first-order chi connectivity index (χ1) is 17.6. The lowest BCUT2D eigenvalue weighted by molar-refractivity contribution is -0.113. The van der Waals surface area contributed by atoms with Gasteiger partial charge in [-0.1, -0.05) is 30.0 Å². The van der Waals surface area contributed by atoms with Gasteiger partial charge in [-0.15, -0.1) is 10.2 Å². The molecule has 0 bridgehead atoms. The predicted molar refractivity (Wildman–Crippen MR) is 142 cm³/mol. The minimum absolute atomic E-state index is 0.139. The number of anilines is 1. The first-order valence-corrected chi connectivity index (χ1v) is 12.5. The molecule has 0 atom stereocenters. The Kier molecular flexibility index (Phi) is 6.90. The highest BCUT2D eigenvalue weighted by atomic mass is 32.2. The molecule has 0 fully saturated rings. The van der Waals surface area contributed by atoms with Crippen molar-refractivity contribution in [3.8, 4) is 22.8 Å². The number of pyridine rings is 2. The minimum atomic E-state index is -0.139. The number of carbonyl (C=O) groups is 1. The Labute approximate surface area is 212 Å².